The van der Waals surface area contributed by atoms with E-state index in [0.29, 0.717) is 5.56 Å². The second-order valence-corrected chi connectivity index (χ2v) is 3.67. The fourth-order valence-corrected chi connectivity index (χ4v) is 1.66. The minimum Gasteiger partial charge on any atom is -0.491 e. The van der Waals surface area contributed by atoms with Gasteiger partial charge in [0, 0.05) is 11.1 Å². The molecule has 0 bridgehead atoms. The second kappa shape index (κ2) is 4.21. The summed E-state index contributed by atoms with van der Waals surface area (Å²) >= 11 is 5.65. The summed E-state index contributed by atoms with van der Waals surface area (Å²) in [7, 11) is 1.15. The molecule has 0 saturated carbocycles. The molecule has 0 fully saturated rings. The van der Waals surface area contributed by atoms with Gasteiger partial charge in [0.2, 0.25) is 0 Å². The standard InChI is InChI=1S/C10H8ClF2N3O/c1-17-9-7(12)4(2-6(11)8(9)13)5-3-15-16-10(5)14/h2-3H,1H3,(H3,14,15,16). The zero-order valence-electron chi connectivity index (χ0n) is 8.72. The van der Waals surface area contributed by atoms with E-state index in [4.69, 9.17) is 17.3 Å². The molecule has 0 atom stereocenters. The van der Waals surface area contributed by atoms with Crippen LogP contribution in [-0.4, -0.2) is 17.3 Å². The summed E-state index contributed by atoms with van der Waals surface area (Å²) in [6.07, 6.45) is 1.32. The van der Waals surface area contributed by atoms with E-state index in [1.54, 1.807) is 0 Å². The highest BCUT2D eigenvalue weighted by Gasteiger charge is 2.21. The highest BCUT2D eigenvalue weighted by molar-refractivity contribution is 6.31. The average Bonchev–Trinajstić information content (AvgIpc) is 2.71. The summed E-state index contributed by atoms with van der Waals surface area (Å²) in [5, 5.41) is 5.85. The number of nitrogens with zero attached hydrogens (tertiary/aromatic N) is 1. The maximum absolute atomic E-state index is 13.9. The Balaban J connectivity index is 2.72. The molecular weight excluding hydrogens is 252 g/mol. The smallest absolute Gasteiger partial charge is 0.192 e. The minimum absolute atomic E-state index is 0.0273. The van der Waals surface area contributed by atoms with Crippen LogP contribution >= 0.6 is 11.6 Å². The number of halogens is 3. The predicted molar refractivity (Wildman–Crippen MR) is 59.9 cm³/mol. The summed E-state index contributed by atoms with van der Waals surface area (Å²) in [4.78, 5) is 0. The van der Waals surface area contributed by atoms with E-state index in [1.807, 2.05) is 0 Å². The number of nitrogens with one attached hydrogen (secondary N) is 1. The van der Waals surface area contributed by atoms with Crippen LogP contribution in [0.25, 0.3) is 11.1 Å². The van der Waals surface area contributed by atoms with Crippen molar-refractivity contribution in [3.05, 3.63) is 28.9 Å². The van der Waals surface area contributed by atoms with E-state index in [-0.39, 0.29) is 16.4 Å². The van der Waals surface area contributed by atoms with Gasteiger partial charge in [0.1, 0.15) is 5.82 Å². The lowest BCUT2D eigenvalue weighted by Gasteiger charge is -2.09. The Morgan fingerprint density at radius 3 is 2.59 bits per heavy atom. The van der Waals surface area contributed by atoms with Crippen molar-refractivity contribution in [2.75, 3.05) is 12.8 Å². The first-order chi connectivity index (χ1) is 8.06. The topological polar surface area (TPSA) is 63.9 Å². The monoisotopic (exact) mass is 259 g/mol. The van der Waals surface area contributed by atoms with Gasteiger partial charge in [0.05, 0.1) is 18.3 Å². The van der Waals surface area contributed by atoms with Crippen LogP contribution in [0.2, 0.25) is 5.02 Å². The highest BCUT2D eigenvalue weighted by Crippen LogP contribution is 2.37. The lowest BCUT2D eigenvalue weighted by molar-refractivity contribution is 0.361. The third-order valence-corrected chi connectivity index (χ3v) is 2.55. The van der Waals surface area contributed by atoms with Crippen molar-refractivity contribution in [3.63, 3.8) is 0 Å². The third-order valence-electron chi connectivity index (χ3n) is 2.28. The largest absolute Gasteiger partial charge is 0.491 e. The third kappa shape index (κ3) is 1.80. The maximum Gasteiger partial charge on any atom is 0.192 e. The normalized spacial score (nSPS) is 10.6. The van der Waals surface area contributed by atoms with Crippen LogP contribution in [0.5, 0.6) is 5.75 Å². The molecule has 1 heterocycles. The van der Waals surface area contributed by atoms with Crippen LogP contribution in [0.1, 0.15) is 0 Å². The number of aromatic amines is 1. The van der Waals surface area contributed by atoms with E-state index in [2.05, 4.69) is 14.9 Å². The van der Waals surface area contributed by atoms with Crippen molar-refractivity contribution < 1.29 is 13.5 Å². The fourth-order valence-electron chi connectivity index (χ4n) is 1.47. The van der Waals surface area contributed by atoms with Crippen LogP contribution < -0.4 is 10.5 Å². The molecule has 0 radical (unpaired) electrons. The summed E-state index contributed by atoms with van der Waals surface area (Å²) in [6, 6.07) is 1.13. The van der Waals surface area contributed by atoms with Gasteiger partial charge in [-0.3, -0.25) is 5.10 Å². The van der Waals surface area contributed by atoms with E-state index >= 15 is 0 Å². The molecule has 2 aromatic rings. The molecule has 1 aromatic carbocycles. The SMILES string of the molecule is COc1c(F)c(Cl)cc(-c2cn[nH]c2N)c1F. The van der Waals surface area contributed by atoms with Gasteiger partial charge in [0.25, 0.3) is 0 Å². The predicted octanol–water partition coefficient (Wildman–Crippen LogP) is 2.60. The summed E-state index contributed by atoms with van der Waals surface area (Å²) < 4.78 is 32.0. The molecule has 90 valence electrons. The molecule has 4 nitrogen and oxygen atoms in total. The first kappa shape index (κ1) is 11.7. The summed E-state index contributed by atoms with van der Waals surface area (Å²) in [5.41, 5.74) is 5.88. The number of nitrogen functional groups attached to an aromatic ring is 1. The second-order valence-electron chi connectivity index (χ2n) is 3.26. The zero-order valence-corrected chi connectivity index (χ0v) is 9.48. The van der Waals surface area contributed by atoms with Crippen molar-refractivity contribution in [3.8, 4) is 16.9 Å². The van der Waals surface area contributed by atoms with Crippen molar-refractivity contribution in [2.24, 2.45) is 0 Å². The summed E-state index contributed by atoms with van der Waals surface area (Å²) in [6.45, 7) is 0. The zero-order chi connectivity index (χ0) is 12.6. The average molecular weight is 260 g/mol. The lowest BCUT2D eigenvalue weighted by Crippen LogP contribution is -1.97. The first-order valence-electron chi connectivity index (χ1n) is 4.57. The Morgan fingerprint density at radius 1 is 1.35 bits per heavy atom. The number of ether oxygens (including phenoxy) is 1. The molecule has 7 heteroatoms. The summed E-state index contributed by atoms with van der Waals surface area (Å²) in [5.74, 6) is -2.21. The van der Waals surface area contributed by atoms with E-state index in [0.717, 1.165) is 13.2 Å². The number of hydrogen-bond acceptors (Lipinski definition) is 3. The molecule has 0 unspecified atom stereocenters. The number of rotatable bonds is 2. The van der Waals surface area contributed by atoms with Crippen molar-refractivity contribution in [1.29, 1.82) is 0 Å². The van der Waals surface area contributed by atoms with Crippen LogP contribution in [-0.2, 0) is 0 Å². The number of methoxy groups -OCH3 is 1. The highest BCUT2D eigenvalue weighted by atomic mass is 35.5. The Morgan fingerprint density at radius 2 is 2.06 bits per heavy atom. The molecule has 1 aromatic heterocycles. The van der Waals surface area contributed by atoms with Crippen molar-refractivity contribution >= 4 is 17.4 Å². The fraction of sp³-hybridized carbons (Fsp3) is 0.100. The molecule has 0 amide bonds. The number of H-pyrrole nitrogens is 1. The van der Waals surface area contributed by atoms with E-state index < -0.39 is 17.4 Å². The van der Waals surface area contributed by atoms with Gasteiger partial charge < -0.3 is 10.5 Å². The molecule has 17 heavy (non-hydrogen) atoms. The molecule has 0 spiro atoms. The van der Waals surface area contributed by atoms with Gasteiger partial charge in [0.15, 0.2) is 17.4 Å². The van der Waals surface area contributed by atoms with Crippen molar-refractivity contribution in [1.82, 2.24) is 10.2 Å². The molecular formula is C10H8ClF2N3O. The van der Waals surface area contributed by atoms with Gasteiger partial charge in [-0.2, -0.15) is 5.10 Å². The molecule has 0 aliphatic rings. The molecule has 0 saturated heterocycles. The lowest BCUT2D eigenvalue weighted by atomic mass is 10.1. The minimum atomic E-state index is -0.947. The van der Waals surface area contributed by atoms with Gasteiger partial charge in [-0.1, -0.05) is 11.6 Å². The molecule has 3 N–H and O–H groups in total. The van der Waals surface area contributed by atoms with Gasteiger partial charge in [-0.15, -0.1) is 0 Å². The van der Waals surface area contributed by atoms with E-state index in [9.17, 15) is 8.78 Å². The van der Waals surface area contributed by atoms with Crippen LogP contribution in [0.3, 0.4) is 0 Å². The number of hydrogen-bond donors (Lipinski definition) is 2. The van der Waals surface area contributed by atoms with Gasteiger partial charge >= 0.3 is 0 Å². The Kier molecular flexibility index (Phi) is 2.89. The molecule has 2 rings (SSSR count). The number of benzene rings is 1. The number of anilines is 1. The first-order valence-corrected chi connectivity index (χ1v) is 4.94. The van der Waals surface area contributed by atoms with Gasteiger partial charge in [-0.05, 0) is 6.07 Å². The molecule has 0 aliphatic heterocycles. The van der Waals surface area contributed by atoms with Crippen LogP contribution in [0, 0.1) is 11.6 Å². The maximum atomic E-state index is 13.9. The quantitative estimate of drug-likeness (QED) is 0.815. The Bertz CT molecular complexity index is 571. The number of aromatic nitrogens is 2. The van der Waals surface area contributed by atoms with Crippen LogP contribution in [0.4, 0.5) is 14.6 Å². The number of nitrogens with two attached hydrogens (primary N) is 1. The molecule has 0 aliphatic carbocycles. The van der Waals surface area contributed by atoms with Gasteiger partial charge in [-0.25, -0.2) is 8.78 Å². The van der Waals surface area contributed by atoms with Crippen molar-refractivity contribution in [2.45, 2.75) is 0 Å². The Hall–Kier alpha value is -1.82. The van der Waals surface area contributed by atoms with Crippen LogP contribution in [0.15, 0.2) is 12.3 Å². The Labute approximate surface area is 100 Å². The van der Waals surface area contributed by atoms with E-state index in [1.165, 1.54) is 6.20 Å².